The van der Waals surface area contributed by atoms with Gasteiger partial charge in [-0.3, -0.25) is 4.79 Å². The Morgan fingerprint density at radius 3 is 2.32 bits per heavy atom. The third-order valence-electron chi connectivity index (χ3n) is 5.42. The van der Waals surface area contributed by atoms with Gasteiger partial charge in [0, 0.05) is 35.0 Å². The Kier molecular flexibility index (Phi) is 5.39. The van der Waals surface area contributed by atoms with Crippen LogP contribution in [0.4, 0.5) is 5.82 Å². The number of rotatable bonds is 6. The van der Waals surface area contributed by atoms with Crippen molar-refractivity contribution in [2.24, 2.45) is 5.73 Å². The molecule has 0 aliphatic rings. The minimum absolute atomic E-state index is 0.182. The fourth-order valence-electron chi connectivity index (χ4n) is 3.79. The van der Waals surface area contributed by atoms with E-state index in [4.69, 9.17) is 25.7 Å². The van der Waals surface area contributed by atoms with Crippen LogP contribution in [-0.4, -0.2) is 31.3 Å². The summed E-state index contributed by atoms with van der Waals surface area (Å²) in [6, 6.07) is 11.1. The number of aromatic nitrogens is 2. The molecule has 4 aromatic rings. The third kappa shape index (κ3) is 3.62. The number of fused-ring (bicyclic) bond motifs is 2. The van der Waals surface area contributed by atoms with Crippen molar-refractivity contribution >= 4 is 27.5 Å². The molecule has 0 saturated heterocycles. The zero-order valence-electron chi connectivity index (χ0n) is 17.6. The van der Waals surface area contributed by atoms with Gasteiger partial charge in [0.25, 0.3) is 5.56 Å². The van der Waals surface area contributed by atoms with E-state index >= 15 is 0 Å². The zero-order valence-corrected chi connectivity index (χ0v) is 17.6. The van der Waals surface area contributed by atoms with Crippen LogP contribution in [0.2, 0.25) is 0 Å². The molecule has 31 heavy (non-hydrogen) atoms. The number of nitrogens with one attached hydrogen (secondary N) is 1. The Balaban J connectivity index is 1.93. The number of pyridine rings is 2. The molecule has 0 amide bonds. The first-order chi connectivity index (χ1) is 15.0. The van der Waals surface area contributed by atoms with E-state index in [-0.39, 0.29) is 18.5 Å². The third-order valence-corrected chi connectivity index (χ3v) is 5.42. The Bertz CT molecular complexity index is 1350. The topological polar surface area (TPSA) is 125 Å². The summed E-state index contributed by atoms with van der Waals surface area (Å²) in [4.78, 5) is 20.4. The number of nitrogen functional groups attached to an aromatic ring is 1. The number of nitrogens with zero attached hydrogens (tertiary/aromatic N) is 1. The molecule has 5 N–H and O–H groups in total. The van der Waals surface area contributed by atoms with Crippen molar-refractivity contribution < 1.29 is 14.2 Å². The van der Waals surface area contributed by atoms with Gasteiger partial charge in [-0.05, 0) is 47.3 Å². The Labute approximate surface area is 178 Å². The molecule has 0 fully saturated rings. The average Bonchev–Trinajstić information content (AvgIpc) is 2.79. The molecule has 2 aromatic carbocycles. The summed E-state index contributed by atoms with van der Waals surface area (Å²) in [7, 11) is 4.73. The van der Waals surface area contributed by atoms with E-state index in [1.54, 1.807) is 27.4 Å². The number of nitrogens with two attached hydrogens (primary N) is 2. The highest BCUT2D eigenvalue weighted by Crippen LogP contribution is 2.35. The maximum Gasteiger partial charge on any atom is 0.252 e. The minimum atomic E-state index is -0.231. The van der Waals surface area contributed by atoms with Crippen molar-refractivity contribution in [3.8, 4) is 17.2 Å². The Morgan fingerprint density at radius 1 is 0.968 bits per heavy atom. The van der Waals surface area contributed by atoms with Crippen LogP contribution in [0, 0.1) is 0 Å². The van der Waals surface area contributed by atoms with Gasteiger partial charge in [0.15, 0.2) is 11.5 Å². The van der Waals surface area contributed by atoms with Crippen LogP contribution < -0.4 is 31.2 Å². The van der Waals surface area contributed by atoms with Gasteiger partial charge in [-0.2, -0.15) is 0 Å². The fraction of sp³-hybridized carbons (Fsp3) is 0.217. The lowest BCUT2D eigenvalue weighted by molar-refractivity contribution is 0.356. The average molecular weight is 420 g/mol. The highest BCUT2D eigenvalue weighted by Gasteiger charge is 2.17. The monoisotopic (exact) mass is 420 g/mol. The van der Waals surface area contributed by atoms with Gasteiger partial charge in [0.05, 0.1) is 26.8 Å². The molecule has 4 rings (SSSR count). The molecule has 0 spiro atoms. The molecule has 0 radical (unpaired) electrons. The number of hydrogen-bond donors (Lipinski definition) is 3. The molecular formula is C23H24N4O4. The number of anilines is 1. The smallest absolute Gasteiger partial charge is 0.252 e. The molecule has 8 nitrogen and oxygen atoms in total. The molecule has 0 saturated carbocycles. The van der Waals surface area contributed by atoms with Gasteiger partial charge in [-0.25, -0.2) is 4.98 Å². The van der Waals surface area contributed by atoms with E-state index in [0.717, 1.165) is 33.0 Å². The minimum Gasteiger partial charge on any atom is -0.497 e. The zero-order chi connectivity index (χ0) is 22.1. The highest BCUT2D eigenvalue weighted by molar-refractivity contribution is 5.91. The lowest BCUT2D eigenvalue weighted by Crippen LogP contribution is -2.18. The van der Waals surface area contributed by atoms with Crippen molar-refractivity contribution in [2.45, 2.75) is 13.0 Å². The summed E-state index contributed by atoms with van der Waals surface area (Å²) >= 11 is 0. The molecule has 0 aliphatic heterocycles. The van der Waals surface area contributed by atoms with Crippen molar-refractivity contribution in [1.82, 2.24) is 9.97 Å². The lowest BCUT2D eigenvalue weighted by atomic mass is 9.97. The van der Waals surface area contributed by atoms with Gasteiger partial charge < -0.3 is 30.7 Å². The van der Waals surface area contributed by atoms with E-state index in [9.17, 15) is 4.79 Å². The molecule has 2 heterocycles. The second kappa shape index (κ2) is 8.16. The number of hydrogen-bond acceptors (Lipinski definition) is 7. The molecule has 0 bridgehead atoms. The maximum atomic E-state index is 13.0. The molecular weight excluding hydrogens is 396 g/mol. The largest absolute Gasteiger partial charge is 0.497 e. The summed E-state index contributed by atoms with van der Waals surface area (Å²) in [6.07, 6.45) is 0.290. The van der Waals surface area contributed by atoms with Crippen LogP contribution in [0.1, 0.15) is 16.8 Å². The number of benzene rings is 2. The molecule has 8 heteroatoms. The van der Waals surface area contributed by atoms with Crippen molar-refractivity contribution in [1.29, 1.82) is 0 Å². The second-order valence-corrected chi connectivity index (χ2v) is 7.14. The van der Waals surface area contributed by atoms with Crippen molar-refractivity contribution in [2.75, 3.05) is 27.1 Å². The van der Waals surface area contributed by atoms with E-state index in [2.05, 4.69) is 9.97 Å². The molecule has 0 unspecified atom stereocenters. The van der Waals surface area contributed by atoms with Gasteiger partial charge >= 0.3 is 0 Å². The van der Waals surface area contributed by atoms with E-state index < -0.39 is 0 Å². The van der Waals surface area contributed by atoms with E-state index in [0.29, 0.717) is 28.6 Å². The number of methoxy groups -OCH3 is 3. The number of H-pyrrole nitrogens is 1. The predicted octanol–water partition coefficient (Wildman–Crippen LogP) is 2.73. The van der Waals surface area contributed by atoms with Gasteiger partial charge in [0.1, 0.15) is 11.6 Å². The fourth-order valence-corrected chi connectivity index (χ4v) is 3.79. The first-order valence-corrected chi connectivity index (χ1v) is 9.72. The van der Waals surface area contributed by atoms with Crippen LogP contribution in [0.3, 0.4) is 0 Å². The molecule has 2 aromatic heterocycles. The first-order valence-electron chi connectivity index (χ1n) is 9.72. The summed E-state index contributed by atoms with van der Waals surface area (Å²) in [5, 5.41) is 2.40. The standard InChI is InChI=1S/C23H24N4O4/c1-29-14-4-5-18-12(7-14)6-13(22(25)26-18)8-17-15-9-20(30-2)21(31-3)10-16(15)19(11-24)27-23(17)28/h4-7,9-10H,8,11,24H2,1-3H3,(H2,25,26)(H,27,28). The van der Waals surface area contributed by atoms with Gasteiger partial charge in [0.2, 0.25) is 0 Å². The highest BCUT2D eigenvalue weighted by atomic mass is 16.5. The van der Waals surface area contributed by atoms with Gasteiger partial charge in [-0.1, -0.05) is 0 Å². The molecule has 0 atom stereocenters. The normalized spacial score (nSPS) is 11.1. The van der Waals surface area contributed by atoms with Crippen LogP contribution in [0.5, 0.6) is 17.2 Å². The van der Waals surface area contributed by atoms with E-state index in [1.165, 1.54) is 0 Å². The number of aromatic amines is 1. The summed E-state index contributed by atoms with van der Waals surface area (Å²) < 4.78 is 16.2. The summed E-state index contributed by atoms with van der Waals surface area (Å²) in [6.45, 7) is 0.182. The predicted molar refractivity (Wildman–Crippen MR) is 121 cm³/mol. The maximum absolute atomic E-state index is 13.0. The Morgan fingerprint density at radius 2 is 1.68 bits per heavy atom. The van der Waals surface area contributed by atoms with Crippen molar-refractivity contribution in [3.63, 3.8) is 0 Å². The van der Waals surface area contributed by atoms with E-state index in [1.807, 2.05) is 30.3 Å². The van der Waals surface area contributed by atoms with Crippen molar-refractivity contribution in [3.05, 3.63) is 63.6 Å². The van der Waals surface area contributed by atoms with Crippen LogP contribution in [-0.2, 0) is 13.0 Å². The van der Waals surface area contributed by atoms with Crippen LogP contribution >= 0.6 is 0 Å². The Hall–Kier alpha value is -3.78. The SMILES string of the molecule is COc1ccc2nc(N)c(Cc3c(=O)[nH]c(CN)c4cc(OC)c(OC)cc34)cc2c1. The van der Waals surface area contributed by atoms with Crippen LogP contribution in [0.25, 0.3) is 21.7 Å². The molecule has 0 aliphatic carbocycles. The lowest BCUT2D eigenvalue weighted by Gasteiger charge is -2.15. The quantitative estimate of drug-likeness (QED) is 0.438. The van der Waals surface area contributed by atoms with Crippen LogP contribution in [0.15, 0.2) is 41.2 Å². The second-order valence-electron chi connectivity index (χ2n) is 7.14. The first kappa shape index (κ1) is 20.5. The molecule has 160 valence electrons. The van der Waals surface area contributed by atoms with Gasteiger partial charge in [-0.15, -0.1) is 0 Å². The summed E-state index contributed by atoms with van der Waals surface area (Å²) in [5.41, 5.74) is 14.5. The summed E-state index contributed by atoms with van der Waals surface area (Å²) in [5.74, 6) is 2.17. The number of ether oxygens (including phenoxy) is 3.